The maximum absolute atomic E-state index is 12.1. The van der Waals surface area contributed by atoms with Gasteiger partial charge >= 0.3 is 0 Å². The maximum Gasteiger partial charge on any atom is 0.230 e. The first-order valence-corrected chi connectivity index (χ1v) is 9.94. The third-order valence-corrected chi connectivity index (χ3v) is 5.26. The van der Waals surface area contributed by atoms with Gasteiger partial charge in [-0.05, 0) is 55.2 Å². The summed E-state index contributed by atoms with van der Waals surface area (Å²) in [4.78, 5) is 27.9. The van der Waals surface area contributed by atoms with Crippen LogP contribution in [0.5, 0.6) is 0 Å². The van der Waals surface area contributed by atoms with Crippen LogP contribution in [0.3, 0.4) is 0 Å². The number of hydrogen-bond donors (Lipinski definition) is 2. The number of pyridine rings is 1. The lowest BCUT2D eigenvalue weighted by atomic mass is 10.1. The summed E-state index contributed by atoms with van der Waals surface area (Å²) in [6.07, 6.45) is 5.50. The number of nitrogens with one attached hydrogen (secondary N) is 2. The van der Waals surface area contributed by atoms with E-state index in [0.717, 1.165) is 35.4 Å². The summed E-state index contributed by atoms with van der Waals surface area (Å²) in [5.74, 6) is 1.52. The van der Waals surface area contributed by atoms with Crippen LogP contribution in [-0.2, 0) is 15.3 Å². The molecule has 2 N–H and O–H groups in total. The first-order valence-electron chi connectivity index (χ1n) is 8.78. The fourth-order valence-corrected chi connectivity index (χ4v) is 3.35. The standard InChI is InChI=1S/C20H23N3O2S/c1-14(22-19(24)13-26-12-15-8-10-21-11-9-15)16-4-6-18(7-5-16)23-20(25)17-2-3-17/h4-11,14,17H,2-3,12-13H2,1H3,(H,22,24)(H,23,25). The molecule has 6 heteroatoms. The van der Waals surface area contributed by atoms with Crippen molar-refractivity contribution >= 4 is 29.3 Å². The average molecular weight is 369 g/mol. The minimum absolute atomic E-state index is 0.0164. The van der Waals surface area contributed by atoms with E-state index in [1.54, 1.807) is 24.2 Å². The molecule has 1 atom stereocenters. The van der Waals surface area contributed by atoms with Crippen molar-refractivity contribution in [3.8, 4) is 0 Å². The Hall–Kier alpha value is -2.34. The summed E-state index contributed by atoms with van der Waals surface area (Å²) in [6, 6.07) is 11.5. The SMILES string of the molecule is CC(NC(=O)CSCc1ccncc1)c1ccc(NC(=O)C2CC2)cc1. The molecule has 1 aromatic heterocycles. The van der Waals surface area contributed by atoms with E-state index >= 15 is 0 Å². The minimum Gasteiger partial charge on any atom is -0.349 e. The van der Waals surface area contributed by atoms with Crippen LogP contribution in [0.1, 0.15) is 36.9 Å². The Morgan fingerprint density at radius 2 is 1.85 bits per heavy atom. The summed E-state index contributed by atoms with van der Waals surface area (Å²) in [7, 11) is 0. The summed E-state index contributed by atoms with van der Waals surface area (Å²) in [5.41, 5.74) is 2.98. The predicted molar refractivity (Wildman–Crippen MR) is 105 cm³/mol. The van der Waals surface area contributed by atoms with Gasteiger partial charge in [0.2, 0.25) is 11.8 Å². The van der Waals surface area contributed by atoms with Gasteiger partial charge in [0.05, 0.1) is 11.8 Å². The Kier molecular flexibility index (Phi) is 6.28. The molecule has 0 radical (unpaired) electrons. The molecule has 136 valence electrons. The molecular formula is C20H23N3O2S. The molecule has 0 spiro atoms. The highest BCUT2D eigenvalue weighted by Crippen LogP contribution is 2.30. The molecule has 0 aliphatic heterocycles. The fraction of sp³-hybridized carbons (Fsp3) is 0.350. The molecule has 2 aromatic rings. The predicted octanol–water partition coefficient (Wildman–Crippen LogP) is 3.54. The number of amides is 2. The number of nitrogens with zero attached hydrogens (tertiary/aromatic N) is 1. The number of carbonyl (C=O) groups is 2. The lowest BCUT2D eigenvalue weighted by molar-refractivity contribution is -0.119. The second-order valence-electron chi connectivity index (χ2n) is 6.52. The molecular weight excluding hydrogens is 346 g/mol. The zero-order chi connectivity index (χ0) is 18.4. The Morgan fingerprint density at radius 1 is 1.15 bits per heavy atom. The second kappa shape index (κ2) is 8.85. The zero-order valence-corrected chi connectivity index (χ0v) is 15.6. The van der Waals surface area contributed by atoms with Gasteiger partial charge in [-0.1, -0.05) is 12.1 Å². The smallest absolute Gasteiger partial charge is 0.230 e. The van der Waals surface area contributed by atoms with Gasteiger partial charge in [0.25, 0.3) is 0 Å². The van der Waals surface area contributed by atoms with E-state index in [4.69, 9.17) is 0 Å². The van der Waals surface area contributed by atoms with Gasteiger partial charge in [-0.25, -0.2) is 0 Å². The number of carbonyl (C=O) groups excluding carboxylic acids is 2. The molecule has 3 rings (SSSR count). The lowest BCUT2D eigenvalue weighted by Gasteiger charge is -2.15. The van der Waals surface area contributed by atoms with E-state index in [2.05, 4.69) is 15.6 Å². The quantitative estimate of drug-likeness (QED) is 0.747. The van der Waals surface area contributed by atoms with Crippen LogP contribution >= 0.6 is 11.8 Å². The normalized spacial score (nSPS) is 14.5. The molecule has 5 nitrogen and oxygen atoms in total. The van der Waals surface area contributed by atoms with Gasteiger partial charge < -0.3 is 10.6 Å². The molecule has 1 fully saturated rings. The fourth-order valence-electron chi connectivity index (χ4n) is 2.55. The topological polar surface area (TPSA) is 71.1 Å². The molecule has 1 aromatic carbocycles. The van der Waals surface area contributed by atoms with Crippen LogP contribution < -0.4 is 10.6 Å². The van der Waals surface area contributed by atoms with Crippen LogP contribution in [0.2, 0.25) is 0 Å². The van der Waals surface area contributed by atoms with Gasteiger partial charge in [0.1, 0.15) is 0 Å². The molecule has 2 amide bonds. The Morgan fingerprint density at radius 3 is 2.50 bits per heavy atom. The molecule has 1 aliphatic carbocycles. The first kappa shape index (κ1) is 18.5. The second-order valence-corrected chi connectivity index (χ2v) is 7.51. The van der Waals surface area contributed by atoms with Crippen molar-refractivity contribution in [1.82, 2.24) is 10.3 Å². The van der Waals surface area contributed by atoms with E-state index in [9.17, 15) is 9.59 Å². The Bertz CT molecular complexity index is 745. The molecule has 1 heterocycles. The molecule has 0 bridgehead atoms. The van der Waals surface area contributed by atoms with Gasteiger partial charge in [-0.15, -0.1) is 11.8 Å². The van der Waals surface area contributed by atoms with Crippen LogP contribution in [0, 0.1) is 5.92 Å². The average Bonchev–Trinajstić information content (AvgIpc) is 3.48. The van der Waals surface area contributed by atoms with E-state index in [1.165, 1.54) is 0 Å². The van der Waals surface area contributed by atoms with Crippen LogP contribution in [0.4, 0.5) is 5.69 Å². The van der Waals surface area contributed by atoms with Crippen LogP contribution in [-0.4, -0.2) is 22.6 Å². The Labute approximate surface area is 158 Å². The number of anilines is 1. The van der Waals surface area contributed by atoms with Gasteiger partial charge in [0, 0.05) is 29.8 Å². The third kappa shape index (κ3) is 5.59. The van der Waals surface area contributed by atoms with Gasteiger partial charge in [-0.2, -0.15) is 0 Å². The van der Waals surface area contributed by atoms with E-state index in [0.29, 0.717) is 5.75 Å². The maximum atomic E-state index is 12.1. The highest BCUT2D eigenvalue weighted by atomic mass is 32.2. The highest BCUT2D eigenvalue weighted by molar-refractivity contribution is 7.99. The van der Waals surface area contributed by atoms with Gasteiger partial charge in [0.15, 0.2) is 0 Å². The van der Waals surface area contributed by atoms with Crippen molar-refractivity contribution in [2.75, 3.05) is 11.1 Å². The van der Waals surface area contributed by atoms with Crippen LogP contribution in [0.25, 0.3) is 0 Å². The number of aromatic nitrogens is 1. The molecule has 1 aliphatic rings. The minimum atomic E-state index is -0.0720. The molecule has 1 saturated carbocycles. The number of rotatable bonds is 8. The molecule has 26 heavy (non-hydrogen) atoms. The van der Waals surface area contributed by atoms with Crippen molar-refractivity contribution in [2.45, 2.75) is 31.6 Å². The Balaban J connectivity index is 1.42. The number of benzene rings is 1. The van der Waals surface area contributed by atoms with Crippen molar-refractivity contribution in [1.29, 1.82) is 0 Å². The summed E-state index contributed by atoms with van der Waals surface area (Å²) >= 11 is 1.58. The van der Waals surface area contributed by atoms with Crippen LogP contribution in [0.15, 0.2) is 48.8 Å². The van der Waals surface area contributed by atoms with Crippen molar-refractivity contribution in [3.05, 3.63) is 59.9 Å². The molecule has 0 saturated heterocycles. The van der Waals surface area contributed by atoms with Crippen molar-refractivity contribution in [2.24, 2.45) is 5.92 Å². The highest BCUT2D eigenvalue weighted by Gasteiger charge is 2.29. The summed E-state index contributed by atoms with van der Waals surface area (Å²) in [6.45, 7) is 1.96. The number of thioether (sulfide) groups is 1. The first-order chi connectivity index (χ1) is 12.6. The van der Waals surface area contributed by atoms with Crippen molar-refractivity contribution in [3.63, 3.8) is 0 Å². The van der Waals surface area contributed by atoms with E-state index in [1.807, 2.05) is 43.3 Å². The summed E-state index contributed by atoms with van der Waals surface area (Å²) in [5, 5.41) is 5.93. The third-order valence-electron chi connectivity index (χ3n) is 4.26. The summed E-state index contributed by atoms with van der Waals surface area (Å²) < 4.78 is 0. The largest absolute Gasteiger partial charge is 0.349 e. The van der Waals surface area contributed by atoms with E-state index in [-0.39, 0.29) is 23.8 Å². The van der Waals surface area contributed by atoms with Gasteiger partial charge in [-0.3, -0.25) is 14.6 Å². The van der Waals surface area contributed by atoms with E-state index < -0.39 is 0 Å². The lowest BCUT2D eigenvalue weighted by Crippen LogP contribution is -2.28. The zero-order valence-electron chi connectivity index (χ0n) is 14.8. The van der Waals surface area contributed by atoms with Crippen molar-refractivity contribution < 1.29 is 9.59 Å². The molecule has 1 unspecified atom stereocenters. The monoisotopic (exact) mass is 369 g/mol. The number of hydrogen-bond acceptors (Lipinski definition) is 4.